The molecule has 1 aromatic carbocycles. The van der Waals surface area contributed by atoms with Crippen molar-refractivity contribution in [2.45, 2.75) is 19.4 Å². The van der Waals surface area contributed by atoms with E-state index in [9.17, 15) is 17.6 Å². The minimum Gasteiger partial charge on any atom is -0.494 e. The molecule has 1 aliphatic rings. The van der Waals surface area contributed by atoms with E-state index in [1.807, 2.05) is 0 Å². The molecule has 1 heterocycles. The lowest BCUT2D eigenvalue weighted by atomic mass is 9.98. The number of benzene rings is 1. The molecule has 134 valence electrons. The van der Waals surface area contributed by atoms with Gasteiger partial charge in [-0.1, -0.05) is 6.07 Å². The number of ether oxygens (including phenoxy) is 1. The molecule has 0 aromatic heterocycles. The maximum absolute atomic E-state index is 13.7. The molecule has 0 bridgehead atoms. The Morgan fingerprint density at radius 1 is 1.46 bits per heavy atom. The summed E-state index contributed by atoms with van der Waals surface area (Å²) in [6.45, 7) is 0.921. The van der Waals surface area contributed by atoms with Gasteiger partial charge in [-0.2, -0.15) is 0 Å². The van der Waals surface area contributed by atoms with Crippen molar-refractivity contribution < 1.29 is 22.3 Å². The molecule has 0 radical (unpaired) electrons. The molecule has 1 atom stereocenters. The van der Waals surface area contributed by atoms with Crippen molar-refractivity contribution >= 4 is 15.9 Å². The molecule has 1 amide bonds. The second-order valence-corrected chi connectivity index (χ2v) is 8.11. The van der Waals surface area contributed by atoms with Crippen LogP contribution in [0.5, 0.6) is 5.75 Å². The average molecular weight is 358 g/mol. The third-order valence-electron chi connectivity index (χ3n) is 4.21. The Morgan fingerprint density at radius 3 is 2.75 bits per heavy atom. The summed E-state index contributed by atoms with van der Waals surface area (Å²) in [5.41, 5.74) is 0.653. The van der Waals surface area contributed by atoms with E-state index in [0.717, 1.165) is 6.26 Å². The van der Waals surface area contributed by atoms with Crippen LogP contribution in [0.15, 0.2) is 18.2 Å². The van der Waals surface area contributed by atoms with Crippen LogP contribution in [0.1, 0.15) is 18.4 Å². The van der Waals surface area contributed by atoms with Crippen molar-refractivity contribution in [3.8, 4) is 5.75 Å². The van der Waals surface area contributed by atoms with E-state index < -0.39 is 15.8 Å². The van der Waals surface area contributed by atoms with Crippen LogP contribution in [0, 0.1) is 11.7 Å². The molecule has 24 heavy (non-hydrogen) atoms. The van der Waals surface area contributed by atoms with Gasteiger partial charge in [0.15, 0.2) is 11.6 Å². The molecule has 0 aliphatic carbocycles. The third kappa shape index (κ3) is 4.45. The fourth-order valence-corrected chi connectivity index (χ4v) is 3.83. The van der Waals surface area contributed by atoms with E-state index in [1.165, 1.54) is 28.4 Å². The zero-order chi connectivity index (χ0) is 17.9. The van der Waals surface area contributed by atoms with Crippen molar-refractivity contribution in [3.63, 3.8) is 0 Å². The Balaban J connectivity index is 2.02. The predicted octanol–water partition coefficient (Wildman–Crippen LogP) is 1.46. The Morgan fingerprint density at radius 2 is 2.17 bits per heavy atom. The Bertz CT molecular complexity index is 708. The van der Waals surface area contributed by atoms with Crippen LogP contribution in [0.25, 0.3) is 0 Å². The Labute approximate surface area is 142 Å². The van der Waals surface area contributed by atoms with Crippen molar-refractivity contribution in [1.29, 1.82) is 0 Å². The average Bonchev–Trinajstić information content (AvgIpc) is 2.53. The quantitative estimate of drug-likeness (QED) is 0.799. The van der Waals surface area contributed by atoms with Crippen LogP contribution < -0.4 is 4.74 Å². The summed E-state index contributed by atoms with van der Waals surface area (Å²) in [7, 11) is -0.255. The summed E-state index contributed by atoms with van der Waals surface area (Å²) in [4.78, 5) is 14.1. The largest absolute Gasteiger partial charge is 0.494 e. The van der Waals surface area contributed by atoms with Crippen LogP contribution in [0.3, 0.4) is 0 Å². The number of methoxy groups -OCH3 is 1. The number of piperidine rings is 1. The SMILES string of the molecule is COc1ccc(CN(C)C(=O)C2CCCN(S(C)(=O)=O)C2)cc1F. The maximum Gasteiger partial charge on any atom is 0.227 e. The van der Waals surface area contributed by atoms with Gasteiger partial charge in [0.25, 0.3) is 0 Å². The van der Waals surface area contributed by atoms with Gasteiger partial charge in [-0.25, -0.2) is 17.1 Å². The molecule has 1 fully saturated rings. The summed E-state index contributed by atoms with van der Waals surface area (Å²) < 4.78 is 43.3. The fraction of sp³-hybridized carbons (Fsp3) is 0.562. The van der Waals surface area contributed by atoms with Crippen molar-refractivity contribution in [2.24, 2.45) is 5.92 Å². The van der Waals surface area contributed by atoms with Crippen molar-refractivity contribution in [3.05, 3.63) is 29.6 Å². The van der Waals surface area contributed by atoms with Gasteiger partial charge in [0.1, 0.15) is 0 Å². The van der Waals surface area contributed by atoms with E-state index in [1.54, 1.807) is 13.1 Å². The number of halogens is 1. The summed E-state index contributed by atoms with van der Waals surface area (Å²) >= 11 is 0. The topological polar surface area (TPSA) is 66.9 Å². The minimum atomic E-state index is -3.29. The normalized spacial score (nSPS) is 19.1. The number of nitrogens with zero attached hydrogens (tertiary/aromatic N) is 2. The highest BCUT2D eigenvalue weighted by molar-refractivity contribution is 7.88. The number of sulfonamides is 1. The highest BCUT2D eigenvalue weighted by atomic mass is 32.2. The van der Waals surface area contributed by atoms with Gasteiger partial charge in [0, 0.05) is 26.7 Å². The predicted molar refractivity (Wildman–Crippen MR) is 88.6 cm³/mol. The van der Waals surface area contributed by atoms with Gasteiger partial charge >= 0.3 is 0 Å². The number of hydrogen-bond acceptors (Lipinski definition) is 4. The van der Waals surface area contributed by atoms with E-state index in [0.29, 0.717) is 24.9 Å². The van der Waals surface area contributed by atoms with Gasteiger partial charge in [0.2, 0.25) is 15.9 Å². The van der Waals surface area contributed by atoms with Crippen molar-refractivity contribution in [1.82, 2.24) is 9.21 Å². The van der Waals surface area contributed by atoms with Crippen LogP contribution in [-0.4, -0.2) is 57.0 Å². The lowest BCUT2D eigenvalue weighted by molar-refractivity contribution is -0.135. The molecule has 0 spiro atoms. The van der Waals surface area contributed by atoms with Gasteiger partial charge in [-0.3, -0.25) is 4.79 Å². The smallest absolute Gasteiger partial charge is 0.227 e. The molecule has 0 saturated carbocycles. The number of carbonyl (C=O) groups excluding carboxylic acids is 1. The second kappa shape index (κ2) is 7.48. The number of rotatable bonds is 5. The zero-order valence-electron chi connectivity index (χ0n) is 14.2. The minimum absolute atomic E-state index is 0.125. The molecule has 1 saturated heterocycles. The Hall–Kier alpha value is -1.67. The fourth-order valence-electron chi connectivity index (χ4n) is 2.92. The van der Waals surface area contributed by atoms with Crippen LogP contribution in [-0.2, 0) is 21.4 Å². The number of amides is 1. The number of hydrogen-bond donors (Lipinski definition) is 0. The zero-order valence-corrected chi connectivity index (χ0v) is 15.0. The van der Waals surface area contributed by atoms with Gasteiger partial charge in [-0.15, -0.1) is 0 Å². The standard InChI is InChI=1S/C16H23FN2O4S/c1-18(10-12-6-7-15(23-2)14(17)9-12)16(20)13-5-4-8-19(11-13)24(3,21)22/h6-7,9,13H,4-5,8,10-11H2,1-3H3. The van der Waals surface area contributed by atoms with Crippen molar-refractivity contribution in [2.75, 3.05) is 33.5 Å². The first kappa shape index (κ1) is 18.7. The highest BCUT2D eigenvalue weighted by Gasteiger charge is 2.31. The summed E-state index contributed by atoms with van der Waals surface area (Å²) in [6, 6.07) is 4.57. The van der Waals surface area contributed by atoms with E-state index >= 15 is 0 Å². The van der Waals surface area contributed by atoms with Crippen LogP contribution in [0.2, 0.25) is 0 Å². The molecule has 6 nitrogen and oxygen atoms in total. The molecule has 2 rings (SSSR count). The molecule has 8 heteroatoms. The second-order valence-electron chi connectivity index (χ2n) is 6.12. The van der Waals surface area contributed by atoms with Gasteiger partial charge < -0.3 is 9.64 Å². The van der Waals surface area contributed by atoms with Crippen LogP contribution >= 0.6 is 0 Å². The molecular formula is C16H23FN2O4S. The molecule has 1 aromatic rings. The van der Waals surface area contributed by atoms with Gasteiger partial charge in [-0.05, 0) is 30.5 Å². The first-order valence-electron chi connectivity index (χ1n) is 7.75. The molecular weight excluding hydrogens is 335 g/mol. The third-order valence-corrected chi connectivity index (χ3v) is 5.48. The Kier molecular flexibility index (Phi) is 5.82. The molecule has 0 N–H and O–H groups in total. The first-order valence-corrected chi connectivity index (χ1v) is 9.59. The first-order chi connectivity index (χ1) is 11.2. The molecule has 1 unspecified atom stereocenters. The summed E-state index contributed by atoms with van der Waals surface area (Å²) in [5, 5.41) is 0. The highest BCUT2D eigenvalue weighted by Crippen LogP contribution is 2.22. The van der Waals surface area contributed by atoms with Crippen LogP contribution in [0.4, 0.5) is 4.39 Å². The van der Waals surface area contributed by atoms with E-state index in [4.69, 9.17) is 4.74 Å². The lowest BCUT2D eigenvalue weighted by Gasteiger charge is -2.32. The van der Waals surface area contributed by atoms with E-state index in [-0.39, 0.29) is 30.7 Å². The lowest BCUT2D eigenvalue weighted by Crippen LogP contribution is -2.45. The monoisotopic (exact) mass is 358 g/mol. The summed E-state index contributed by atoms with van der Waals surface area (Å²) in [6.07, 6.45) is 2.48. The summed E-state index contributed by atoms with van der Waals surface area (Å²) in [5.74, 6) is -0.804. The van der Waals surface area contributed by atoms with E-state index in [2.05, 4.69) is 0 Å². The van der Waals surface area contributed by atoms with Gasteiger partial charge in [0.05, 0.1) is 19.3 Å². The maximum atomic E-state index is 13.7. The molecule has 1 aliphatic heterocycles. The number of carbonyl (C=O) groups is 1.